The van der Waals surface area contributed by atoms with Gasteiger partial charge in [-0.25, -0.2) is 4.79 Å². The lowest BCUT2D eigenvalue weighted by Crippen LogP contribution is -2.36. The highest BCUT2D eigenvalue weighted by molar-refractivity contribution is 5.81. The quantitative estimate of drug-likeness (QED) is 0.813. The van der Waals surface area contributed by atoms with E-state index in [2.05, 4.69) is 26.1 Å². The van der Waals surface area contributed by atoms with Crippen molar-refractivity contribution in [3.63, 3.8) is 0 Å². The second kappa shape index (κ2) is 8.18. The Morgan fingerprint density at radius 2 is 1.79 bits per heavy atom. The van der Waals surface area contributed by atoms with Gasteiger partial charge in [0.2, 0.25) is 0 Å². The van der Waals surface area contributed by atoms with Gasteiger partial charge in [0.15, 0.2) is 13.2 Å². The van der Waals surface area contributed by atoms with Gasteiger partial charge in [0, 0.05) is 6.04 Å². The van der Waals surface area contributed by atoms with E-state index in [-0.39, 0.29) is 30.6 Å². The minimum absolute atomic E-state index is 0.0817. The maximum Gasteiger partial charge on any atom is 0.344 e. The summed E-state index contributed by atoms with van der Waals surface area (Å²) >= 11 is 0. The van der Waals surface area contributed by atoms with Crippen molar-refractivity contribution in [2.75, 3.05) is 13.2 Å². The standard InChI is InChI=1S/C19H27NO4/c1-19(2,3)15-10-6-7-11-16(15)23-13-18(22)24-12-17(21)20-14-8-4-5-9-14/h6-7,10-11,14H,4-5,8-9,12-13H2,1-3H3,(H,20,21). The first-order valence-corrected chi connectivity index (χ1v) is 8.53. The summed E-state index contributed by atoms with van der Waals surface area (Å²) in [5, 5.41) is 2.88. The molecule has 1 aliphatic rings. The van der Waals surface area contributed by atoms with Crippen LogP contribution in [0.3, 0.4) is 0 Å². The molecule has 0 saturated heterocycles. The van der Waals surface area contributed by atoms with Gasteiger partial charge in [-0.1, -0.05) is 51.8 Å². The zero-order valence-electron chi connectivity index (χ0n) is 14.8. The number of carbonyl (C=O) groups is 2. The molecular formula is C19H27NO4. The number of amides is 1. The smallest absolute Gasteiger partial charge is 0.344 e. The first-order valence-electron chi connectivity index (χ1n) is 8.53. The molecule has 1 aromatic carbocycles. The SMILES string of the molecule is CC(C)(C)c1ccccc1OCC(=O)OCC(=O)NC1CCCC1. The Kier molecular flexibility index (Phi) is 6.23. The fourth-order valence-corrected chi connectivity index (χ4v) is 2.88. The molecule has 24 heavy (non-hydrogen) atoms. The summed E-state index contributed by atoms with van der Waals surface area (Å²) in [5.74, 6) is -0.122. The van der Waals surface area contributed by atoms with Crippen LogP contribution in [0.25, 0.3) is 0 Å². The first kappa shape index (κ1) is 18.3. The number of nitrogens with one attached hydrogen (secondary N) is 1. The predicted octanol–water partition coefficient (Wildman–Crippen LogP) is 2.96. The van der Waals surface area contributed by atoms with Crippen LogP contribution in [0, 0.1) is 0 Å². The Bertz CT molecular complexity index is 571. The third kappa shape index (κ3) is 5.55. The number of hydrogen-bond donors (Lipinski definition) is 1. The second-order valence-corrected chi connectivity index (χ2v) is 7.24. The van der Waals surface area contributed by atoms with Crippen molar-refractivity contribution >= 4 is 11.9 Å². The molecule has 1 N–H and O–H groups in total. The van der Waals surface area contributed by atoms with Crippen molar-refractivity contribution in [1.29, 1.82) is 0 Å². The molecule has 0 aliphatic heterocycles. The molecule has 0 atom stereocenters. The van der Waals surface area contributed by atoms with E-state index in [9.17, 15) is 9.59 Å². The Hall–Kier alpha value is -2.04. The normalized spacial score (nSPS) is 15.1. The Labute approximate surface area is 143 Å². The van der Waals surface area contributed by atoms with Crippen LogP contribution < -0.4 is 10.1 Å². The van der Waals surface area contributed by atoms with Crippen molar-refractivity contribution in [2.45, 2.75) is 57.9 Å². The van der Waals surface area contributed by atoms with Crippen LogP contribution in [0.15, 0.2) is 24.3 Å². The van der Waals surface area contributed by atoms with Crippen LogP contribution in [-0.2, 0) is 19.7 Å². The lowest BCUT2D eigenvalue weighted by Gasteiger charge is -2.22. The van der Waals surface area contributed by atoms with Crippen LogP contribution in [0.5, 0.6) is 5.75 Å². The van der Waals surface area contributed by atoms with E-state index in [0.717, 1.165) is 31.2 Å². The maximum atomic E-state index is 11.8. The molecule has 0 spiro atoms. The Balaban J connectivity index is 1.76. The zero-order chi connectivity index (χ0) is 17.6. The molecule has 0 bridgehead atoms. The maximum absolute atomic E-state index is 11.8. The lowest BCUT2D eigenvalue weighted by molar-refractivity contribution is -0.150. The molecule has 132 valence electrons. The molecule has 1 aliphatic carbocycles. The van der Waals surface area contributed by atoms with Crippen LogP contribution in [0.2, 0.25) is 0 Å². The second-order valence-electron chi connectivity index (χ2n) is 7.24. The summed E-state index contributed by atoms with van der Waals surface area (Å²) < 4.78 is 10.6. The molecule has 0 aromatic heterocycles. The van der Waals surface area contributed by atoms with Crippen LogP contribution in [0.1, 0.15) is 52.0 Å². The minimum Gasteiger partial charge on any atom is -0.482 e. The Morgan fingerprint density at radius 1 is 1.12 bits per heavy atom. The fourth-order valence-electron chi connectivity index (χ4n) is 2.88. The van der Waals surface area contributed by atoms with E-state index in [4.69, 9.17) is 9.47 Å². The molecule has 5 nitrogen and oxygen atoms in total. The highest BCUT2D eigenvalue weighted by atomic mass is 16.6. The topological polar surface area (TPSA) is 64.6 Å². The summed E-state index contributed by atoms with van der Waals surface area (Å²) in [4.78, 5) is 23.5. The van der Waals surface area contributed by atoms with Gasteiger partial charge in [-0.3, -0.25) is 4.79 Å². The van der Waals surface area contributed by atoms with Gasteiger partial charge in [-0.15, -0.1) is 0 Å². The first-order chi connectivity index (χ1) is 11.4. The number of esters is 1. The van der Waals surface area contributed by atoms with Gasteiger partial charge in [-0.05, 0) is 29.9 Å². The van der Waals surface area contributed by atoms with Crippen molar-refractivity contribution in [3.05, 3.63) is 29.8 Å². The summed E-state index contributed by atoms with van der Waals surface area (Å²) in [5.41, 5.74) is 0.943. The van der Waals surface area contributed by atoms with E-state index < -0.39 is 5.97 Å². The average Bonchev–Trinajstić information content (AvgIpc) is 3.03. The van der Waals surface area contributed by atoms with E-state index >= 15 is 0 Å². The summed E-state index contributed by atoms with van der Waals surface area (Å²) in [6.07, 6.45) is 4.30. The van der Waals surface area contributed by atoms with Crippen LogP contribution in [-0.4, -0.2) is 31.1 Å². The van der Waals surface area contributed by atoms with Gasteiger partial charge in [0.05, 0.1) is 0 Å². The number of rotatable bonds is 6. The summed E-state index contributed by atoms with van der Waals surface area (Å²) in [7, 11) is 0. The number of para-hydroxylation sites is 1. The number of carbonyl (C=O) groups excluding carboxylic acids is 2. The van der Waals surface area contributed by atoms with Crippen molar-refractivity contribution in [3.8, 4) is 5.75 Å². The van der Waals surface area contributed by atoms with E-state index in [1.807, 2.05) is 24.3 Å². The van der Waals surface area contributed by atoms with Gasteiger partial charge >= 0.3 is 5.97 Å². The molecule has 1 saturated carbocycles. The number of benzene rings is 1. The zero-order valence-corrected chi connectivity index (χ0v) is 14.8. The fraction of sp³-hybridized carbons (Fsp3) is 0.579. The van der Waals surface area contributed by atoms with E-state index in [1.54, 1.807) is 0 Å². The molecule has 0 heterocycles. The molecule has 1 fully saturated rings. The third-order valence-corrected chi connectivity index (χ3v) is 4.13. The highest BCUT2D eigenvalue weighted by Gasteiger charge is 2.20. The van der Waals surface area contributed by atoms with E-state index in [0.29, 0.717) is 5.75 Å². The summed E-state index contributed by atoms with van der Waals surface area (Å²) in [6.45, 7) is 5.80. The summed E-state index contributed by atoms with van der Waals surface area (Å²) in [6, 6.07) is 7.85. The van der Waals surface area contributed by atoms with Crippen molar-refractivity contribution in [1.82, 2.24) is 5.32 Å². The van der Waals surface area contributed by atoms with Crippen molar-refractivity contribution < 1.29 is 19.1 Å². The molecular weight excluding hydrogens is 306 g/mol. The Morgan fingerprint density at radius 3 is 2.46 bits per heavy atom. The molecule has 1 aromatic rings. The average molecular weight is 333 g/mol. The molecule has 1 amide bonds. The number of hydrogen-bond acceptors (Lipinski definition) is 4. The minimum atomic E-state index is -0.541. The molecule has 0 unspecified atom stereocenters. The van der Waals surface area contributed by atoms with Gasteiger partial charge < -0.3 is 14.8 Å². The highest BCUT2D eigenvalue weighted by Crippen LogP contribution is 2.30. The van der Waals surface area contributed by atoms with Crippen LogP contribution >= 0.6 is 0 Å². The number of ether oxygens (including phenoxy) is 2. The van der Waals surface area contributed by atoms with Crippen LogP contribution in [0.4, 0.5) is 0 Å². The largest absolute Gasteiger partial charge is 0.482 e. The molecule has 2 rings (SSSR count). The van der Waals surface area contributed by atoms with Gasteiger partial charge in [0.25, 0.3) is 5.91 Å². The lowest BCUT2D eigenvalue weighted by atomic mass is 9.86. The van der Waals surface area contributed by atoms with E-state index in [1.165, 1.54) is 0 Å². The molecule has 0 radical (unpaired) electrons. The van der Waals surface area contributed by atoms with Gasteiger partial charge in [0.1, 0.15) is 5.75 Å². The molecule has 5 heteroatoms. The van der Waals surface area contributed by atoms with Gasteiger partial charge in [-0.2, -0.15) is 0 Å². The monoisotopic (exact) mass is 333 g/mol. The van der Waals surface area contributed by atoms with Crippen molar-refractivity contribution in [2.24, 2.45) is 0 Å². The third-order valence-electron chi connectivity index (χ3n) is 4.13. The predicted molar refractivity (Wildman–Crippen MR) is 92.0 cm³/mol.